The van der Waals surface area contributed by atoms with Crippen LogP contribution >= 0.6 is 0 Å². The van der Waals surface area contributed by atoms with Crippen molar-refractivity contribution in [1.82, 2.24) is 0 Å². The lowest BCUT2D eigenvalue weighted by atomic mass is 10.0. The number of phenols is 1. The van der Waals surface area contributed by atoms with Crippen molar-refractivity contribution in [2.45, 2.75) is 20.1 Å². The molecule has 1 heterocycles. The van der Waals surface area contributed by atoms with Gasteiger partial charge in [0.05, 0.1) is 5.69 Å². The van der Waals surface area contributed by atoms with Crippen LogP contribution in [0.25, 0.3) is 0 Å². The van der Waals surface area contributed by atoms with Crippen LogP contribution in [0.1, 0.15) is 22.9 Å². The molecule has 0 amide bonds. The molecule has 18 heavy (non-hydrogen) atoms. The Balaban J connectivity index is 1.95. The van der Waals surface area contributed by atoms with E-state index in [1.165, 1.54) is 0 Å². The average Bonchev–Trinajstić information content (AvgIpc) is 2.79. The summed E-state index contributed by atoms with van der Waals surface area (Å²) in [6.07, 6.45) is -0.180. The topological polar surface area (TPSA) is 41.5 Å². The molecule has 1 atom stereocenters. The monoisotopic (exact) mass is 241 g/mol. The van der Waals surface area contributed by atoms with Gasteiger partial charge in [-0.3, -0.25) is 0 Å². The highest BCUT2D eigenvalue weighted by atomic mass is 16.5. The fourth-order valence-corrected chi connectivity index (χ4v) is 2.28. The van der Waals surface area contributed by atoms with E-state index in [0.29, 0.717) is 5.75 Å². The molecule has 3 nitrogen and oxygen atoms in total. The van der Waals surface area contributed by atoms with E-state index in [-0.39, 0.29) is 6.23 Å². The third-order valence-corrected chi connectivity index (χ3v) is 3.23. The molecule has 3 heteroatoms. The van der Waals surface area contributed by atoms with Crippen LogP contribution in [-0.4, -0.2) is 5.11 Å². The molecule has 1 unspecified atom stereocenters. The number of para-hydroxylation sites is 2. The maximum Gasteiger partial charge on any atom is 0.196 e. The first-order chi connectivity index (χ1) is 8.65. The number of hydrogen-bond donors (Lipinski definition) is 2. The Morgan fingerprint density at radius 2 is 1.78 bits per heavy atom. The second-order valence-electron chi connectivity index (χ2n) is 4.64. The quantitative estimate of drug-likeness (QED) is 0.802. The number of anilines is 1. The van der Waals surface area contributed by atoms with Gasteiger partial charge < -0.3 is 15.2 Å². The van der Waals surface area contributed by atoms with Crippen LogP contribution in [0.15, 0.2) is 36.4 Å². The summed E-state index contributed by atoms with van der Waals surface area (Å²) in [7, 11) is 0. The summed E-state index contributed by atoms with van der Waals surface area (Å²) in [6.45, 7) is 3.79. The van der Waals surface area contributed by atoms with E-state index in [9.17, 15) is 5.11 Å². The molecule has 0 spiro atoms. The van der Waals surface area contributed by atoms with E-state index in [1.807, 2.05) is 50.2 Å². The van der Waals surface area contributed by atoms with Crippen LogP contribution in [0.3, 0.4) is 0 Å². The smallest absolute Gasteiger partial charge is 0.196 e. The summed E-state index contributed by atoms with van der Waals surface area (Å²) >= 11 is 0. The van der Waals surface area contributed by atoms with Crippen molar-refractivity contribution in [3.8, 4) is 11.5 Å². The number of phenolic OH excluding ortho intramolecular Hbond substituents is 1. The second-order valence-corrected chi connectivity index (χ2v) is 4.64. The largest absolute Gasteiger partial charge is 0.507 e. The van der Waals surface area contributed by atoms with Crippen molar-refractivity contribution in [3.05, 3.63) is 53.1 Å². The molecule has 0 saturated carbocycles. The molecule has 0 bridgehead atoms. The highest BCUT2D eigenvalue weighted by Gasteiger charge is 2.23. The Morgan fingerprint density at radius 3 is 2.44 bits per heavy atom. The molecule has 0 fully saturated rings. The first kappa shape index (κ1) is 11.0. The molecular formula is C15H15NO2. The third kappa shape index (κ3) is 1.68. The van der Waals surface area contributed by atoms with Gasteiger partial charge in [-0.05, 0) is 49.2 Å². The number of nitrogens with one attached hydrogen (secondary N) is 1. The summed E-state index contributed by atoms with van der Waals surface area (Å²) in [5.74, 6) is 1.22. The summed E-state index contributed by atoms with van der Waals surface area (Å²) < 4.78 is 5.85. The fourth-order valence-electron chi connectivity index (χ4n) is 2.28. The summed E-state index contributed by atoms with van der Waals surface area (Å²) in [6, 6.07) is 11.8. The van der Waals surface area contributed by atoms with Crippen LogP contribution in [-0.2, 0) is 0 Å². The Morgan fingerprint density at radius 1 is 1.11 bits per heavy atom. The van der Waals surface area contributed by atoms with Crippen molar-refractivity contribution in [3.63, 3.8) is 0 Å². The number of benzene rings is 2. The SMILES string of the molecule is Cc1cc(C2Nc3ccccc3O2)cc(C)c1O. The van der Waals surface area contributed by atoms with Gasteiger partial charge in [-0.2, -0.15) is 0 Å². The van der Waals surface area contributed by atoms with Crippen molar-refractivity contribution >= 4 is 5.69 Å². The van der Waals surface area contributed by atoms with Crippen LogP contribution < -0.4 is 10.1 Å². The zero-order chi connectivity index (χ0) is 12.7. The molecule has 0 aliphatic carbocycles. The van der Waals surface area contributed by atoms with Gasteiger partial charge in [0.1, 0.15) is 11.5 Å². The van der Waals surface area contributed by atoms with Gasteiger partial charge in [0, 0.05) is 5.56 Å². The van der Waals surface area contributed by atoms with Crippen molar-refractivity contribution in [2.24, 2.45) is 0 Å². The minimum Gasteiger partial charge on any atom is -0.507 e. The molecular weight excluding hydrogens is 226 g/mol. The predicted octanol–water partition coefficient (Wildman–Crippen LogP) is 3.51. The number of ether oxygens (including phenoxy) is 1. The highest BCUT2D eigenvalue weighted by Crippen LogP contribution is 2.38. The fraction of sp³-hybridized carbons (Fsp3) is 0.200. The zero-order valence-corrected chi connectivity index (χ0v) is 10.4. The number of fused-ring (bicyclic) bond motifs is 1. The lowest BCUT2D eigenvalue weighted by Crippen LogP contribution is -2.10. The van der Waals surface area contributed by atoms with E-state index < -0.39 is 0 Å². The molecule has 1 aliphatic rings. The van der Waals surface area contributed by atoms with E-state index in [0.717, 1.165) is 28.1 Å². The first-order valence-corrected chi connectivity index (χ1v) is 5.97. The van der Waals surface area contributed by atoms with Crippen molar-refractivity contribution < 1.29 is 9.84 Å². The number of aromatic hydroxyl groups is 1. The van der Waals surface area contributed by atoms with E-state index in [4.69, 9.17) is 4.74 Å². The van der Waals surface area contributed by atoms with E-state index in [1.54, 1.807) is 0 Å². The molecule has 0 saturated heterocycles. The Hall–Kier alpha value is -2.16. The molecule has 2 aromatic rings. The summed E-state index contributed by atoms with van der Waals surface area (Å²) in [5, 5.41) is 13.1. The van der Waals surface area contributed by atoms with Gasteiger partial charge in [0.25, 0.3) is 0 Å². The van der Waals surface area contributed by atoms with Gasteiger partial charge >= 0.3 is 0 Å². The molecule has 92 valence electrons. The molecule has 2 aromatic carbocycles. The standard InChI is InChI=1S/C15H15NO2/c1-9-7-11(8-10(2)14(9)17)15-16-12-5-3-4-6-13(12)18-15/h3-8,15-17H,1-2H3. The van der Waals surface area contributed by atoms with Gasteiger partial charge in [-0.25, -0.2) is 0 Å². The Kier molecular flexibility index (Phi) is 2.40. The number of hydrogen-bond acceptors (Lipinski definition) is 3. The lowest BCUT2D eigenvalue weighted by molar-refractivity contribution is 0.259. The van der Waals surface area contributed by atoms with Crippen molar-refractivity contribution in [1.29, 1.82) is 0 Å². The minimum atomic E-state index is -0.180. The summed E-state index contributed by atoms with van der Waals surface area (Å²) in [5.41, 5.74) is 3.77. The summed E-state index contributed by atoms with van der Waals surface area (Å²) in [4.78, 5) is 0. The first-order valence-electron chi connectivity index (χ1n) is 5.97. The lowest BCUT2D eigenvalue weighted by Gasteiger charge is -2.14. The molecule has 3 rings (SSSR count). The minimum absolute atomic E-state index is 0.180. The maximum atomic E-state index is 9.79. The number of aryl methyl sites for hydroxylation is 2. The van der Waals surface area contributed by atoms with Gasteiger partial charge in [0.15, 0.2) is 6.23 Å². The van der Waals surface area contributed by atoms with E-state index in [2.05, 4.69) is 5.32 Å². The molecule has 2 N–H and O–H groups in total. The zero-order valence-electron chi connectivity index (χ0n) is 10.4. The van der Waals surface area contributed by atoms with Crippen molar-refractivity contribution in [2.75, 3.05) is 5.32 Å². The molecule has 0 radical (unpaired) electrons. The Bertz CT molecular complexity index is 559. The van der Waals surface area contributed by atoms with Gasteiger partial charge in [0.2, 0.25) is 0 Å². The van der Waals surface area contributed by atoms with Crippen LogP contribution in [0.5, 0.6) is 11.5 Å². The van der Waals surface area contributed by atoms with Crippen LogP contribution in [0, 0.1) is 13.8 Å². The van der Waals surface area contributed by atoms with Gasteiger partial charge in [-0.1, -0.05) is 12.1 Å². The van der Waals surface area contributed by atoms with Crippen LogP contribution in [0.4, 0.5) is 5.69 Å². The average molecular weight is 241 g/mol. The predicted molar refractivity (Wildman–Crippen MR) is 71.0 cm³/mol. The van der Waals surface area contributed by atoms with Gasteiger partial charge in [-0.15, -0.1) is 0 Å². The highest BCUT2D eigenvalue weighted by molar-refractivity contribution is 5.61. The second kappa shape index (κ2) is 3.95. The van der Waals surface area contributed by atoms with Crippen LogP contribution in [0.2, 0.25) is 0 Å². The number of rotatable bonds is 1. The third-order valence-electron chi connectivity index (χ3n) is 3.23. The molecule has 1 aliphatic heterocycles. The Labute approximate surface area is 106 Å². The normalized spacial score (nSPS) is 16.9. The van der Waals surface area contributed by atoms with E-state index >= 15 is 0 Å². The molecule has 0 aromatic heterocycles. The maximum absolute atomic E-state index is 9.79.